The summed E-state index contributed by atoms with van der Waals surface area (Å²) < 4.78 is 31.3. The van der Waals surface area contributed by atoms with E-state index in [1.807, 2.05) is 6.07 Å². The largest absolute Gasteiger partial charge is 0.465 e. The van der Waals surface area contributed by atoms with Gasteiger partial charge in [0.2, 0.25) is 0 Å². The fraction of sp³-hybridized carbons (Fsp3) is 0.154. The molecule has 7 nitrogen and oxygen atoms in total. The van der Waals surface area contributed by atoms with Crippen LogP contribution in [0.3, 0.4) is 0 Å². The van der Waals surface area contributed by atoms with Crippen LogP contribution in [0, 0.1) is 18.3 Å². The van der Waals surface area contributed by atoms with Crippen molar-refractivity contribution >= 4 is 32.5 Å². The third-order valence-electron chi connectivity index (χ3n) is 2.68. The quantitative estimate of drug-likeness (QED) is 0.854. The summed E-state index contributed by atoms with van der Waals surface area (Å²) in [6, 6.07) is 7.36. The zero-order chi connectivity index (χ0) is 16.3. The molecule has 0 amide bonds. The topological polar surface area (TPSA) is 109 Å². The second-order valence-electron chi connectivity index (χ2n) is 4.17. The lowest BCUT2D eigenvalue weighted by atomic mass is 10.2. The number of benzene rings is 1. The molecule has 0 aliphatic heterocycles. The van der Waals surface area contributed by atoms with Gasteiger partial charge in [-0.2, -0.15) is 5.26 Å². The Morgan fingerprint density at radius 1 is 1.36 bits per heavy atom. The molecule has 2 aromatic rings. The van der Waals surface area contributed by atoms with Crippen LogP contribution in [-0.2, 0) is 14.8 Å². The average molecular weight is 337 g/mol. The maximum Gasteiger partial charge on any atom is 0.350 e. The molecule has 0 atom stereocenters. The predicted octanol–water partition coefficient (Wildman–Crippen LogP) is 1.91. The third-order valence-corrected chi connectivity index (χ3v) is 5.22. The molecule has 0 radical (unpaired) electrons. The number of carbonyl (C=O) groups is 1. The van der Waals surface area contributed by atoms with Gasteiger partial charge in [0, 0.05) is 0 Å². The van der Waals surface area contributed by atoms with Gasteiger partial charge in [-0.15, -0.1) is 0 Å². The summed E-state index contributed by atoms with van der Waals surface area (Å²) in [6.45, 7) is 1.59. The van der Waals surface area contributed by atoms with E-state index in [1.54, 1.807) is 6.92 Å². The summed E-state index contributed by atoms with van der Waals surface area (Å²) in [5, 5.41) is 8.78. The van der Waals surface area contributed by atoms with Crippen molar-refractivity contribution in [2.45, 2.75) is 11.8 Å². The standard InChI is InChI=1S/C13H11N3O4S2/c1-8-11(12(17)20-2)21-13(15-8)16-22(18,19)10-5-3-9(7-14)4-6-10/h3-6H,1-2H3,(H,15,16). The van der Waals surface area contributed by atoms with E-state index < -0.39 is 16.0 Å². The van der Waals surface area contributed by atoms with Gasteiger partial charge in [-0.1, -0.05) is 11.3 Å². The van der Waals surface area contributed by atoms with Crippen molar-refractivity contribution in [2.24, 2.45) is 0 Å². The summed E-state index contributed by atoms with van der Waals surface area (Å²) >= 11 is 0.893. The molecule has 2 rings (SSSR count). The van der Waals surface area contributed by atoms with E-state index in [9.17, 15) is 13.2 Å². The Balaban J connectivity index is 2.29. The van der Waals surface area contributed by atoms with Crippen molar-refractivity contribution < 1.29 is 17.9 Å². The number of ether oxygens (including phenoxy) is 1. The minimum Gasteiger partial charge on any atom is -0.465 e. The average Bonchev–Trinajstić information content (AvgIpc) is 2.86. The van der Waals surface area contributed by atoms with Crippen LogP contribution in [0.2, 0.25) is 0 Å². The number of sulfonamides is 1. The van der Waals surface area contributed by atoms with Crippen LogP contribution in [0.4, 0.5) is 5.13 Å². The highest BCUT2D eigenvalue weighted by molar-refractivity contribution is 7.93. The van der Waals surface area contributed by atoms with Crippen molar-refractivity contribution in [2.75, 3.05) is 11.8 Å². The Labute approximate surface area is 131 Å². The Hall–Kier alpha value is -2.44. The first-order valence-electron chi connectivity index (χ1n) is 5.96. The molecule has 0 fully saturated rings. The monoisotopic (exact) mass is 337 g/mol. The normalized spacial score (nSPS) is 10.8. The van der Waals surface area contributed by atoms with Gasteiger partial charge in [-0.25, -0.2) is 18.2 Å². The Morgan fingerprint density at radius 3 is 2.55 bits per heavy atom. The number of esters is 1. The zero-order valence-corrected chi connectivity index (χ0v) is 13.3. The summed E-state index contributed by atoms with van der Waals surface area (Å²) in [5.41, 5.74) is 0.742. The number of thiazole rings is 1. The molecule has 114 valence electrons. The molecule has 0 bridgehead atoms. The van der Waals surface area contributed by atoms with Crippen molar-refractivity contribution in [3.63, 3.8) is 0 Å². The summed E-state index contributed by atoms with van der Waals surface area (Å²) in [6.07, 6.45) is 0. The number of nitriles is 1. The van der Waals surface area contributed by atoms with Crippen molar-refractivity contribution in [1.82, 2.24) is 4.98 Å². The first kappa shape index (κ1) is 15.9. The van der Waals surface area contributed by atoms with Gasteiger partial charge in [-0.05, 0) is 31.2 Å². The number of hydrogen-bond acceptors (Lipinski definition) is 7. The van der Waals surface area contributed by atoms with Crippen molar-refractivity contribution in [3.8, 4) is 6.07 Å². The van der Waals surface area contributed by atoms with Gasteiger partial charge in [0.25, 0.3) is 10.0 Å². The summed E-state index contributed by atoms with van der Waals surface area (Å²) in [7, 11) is -2.60. The van der Waals surface area contributed by atoms with Gasteiger partial charge in [0.05, 0.1) is 29.3 Å². The minimum absolute atomic E-state index is 0.000953. The molecule has 0 aliphatic rings. The van der Waals surface area contributed by atoms with Crippen LogP contribution in [-0.4, -0.2) is 26.5 Å². The number of hydrogen-bond donors (Lipinski definition) is 1. The third kappa shape index (κ3) is 3.24. The number of aryl methyl sites for hydroxylation is 1. The minimum atomic E-state index is -3.84. The number of nitrogens with one attached hydrogen (secondary N) is 1. The maximum absolute atomic E-state index is 12.2. The zero-order valence-electron chi connectivity index (χ0n) is 11.7. The molecule has 1 heterocycles. The summed E-state index contributed by atoms with van der Waals surface area (Å²) in [4.78, 5) is 15.7. The van der Waals surface area contributed by atoms with Crippen LogP contribution in [0.5, 0.6) is 0 Å². The maximum atomic E-state index is 12.2. The molecule has 1 aromatic carbocycles. The van der Waals surface area contributed by atoms with E-state index >= 15 is 0 Å². The van der Waals surface area contributed by atoms with E-state index in [0.29, 0.717) is 11.3 Å². The molecular weight excluding hydrogens is 326 g/mol. The first-order valence-corrected chi connectivity index (χ1v) is 8.26. The molecule has 22 heavy (non-hydrogen) atoms. The highest BCUT2D eigenvalue weighted by Crippen LogP contribution is 2.25. The van der Waals surface area contributed by atoms with Gasteiger partial charge in [0.15, 0.2) is 5.13 Å². The molecule has 1 N–H and O–H groups in total. The van der Waals surface area contributed by atoms with E-state index in [0.717, 1.165) is 11.3 Å². The van der Waals surface area contributed by atoms with Crippen LogP contribution < -0.4 is 4.72 Å². The van der Waals surface area contributed by atoms with Crippen molar-refractivity contribution in [1.29, 1.82) is 5.26 Å². The molecule has 0 saturated heterocycles. The second kappa shape index (κ2) is 6.13. The highest BCUT2D eigenvalue weighted by Gasteiger charge is 2.20. The SMILES string of the molecule is COC(=O)c1sc(NS(=O)(=O)c2ccc(C#N)cc2)nc1C. The second-order valence-corrected chi connectivity index (χ2v) is 6.85. The van der Waals surface area contributed by atoms with E-state index in [4.69, 9.17) is 5.26 Å². The molecule has 0 unspecified atom stereocenters. The predicted molar refractivity (Wildman–Crippen MR) is 80.2 cm³/mol. The van der Waals surface area contributed by atoms with E-state index in [1.165, 1.54) is 31.4 Å². The number of rotatable bonds is 4. The molecule has 0 saturated carbocycles. The van der Waals surface area contributed by atoms with E-state index in [-0.39, 0.29) is 14.9 Å². The lowest BCUT2D eigenvalue weighted by Gasteiger charge is -2.04. The highest BCUT2D eigenvalue weighted by atomic mass is 32.2. The molecular formula is C13H11N3O4S2. The number of anilines is 1. The van der Waals surface area contributed by atoms with Crippen LogP contribution in [0.15, 0.2) is 29.2 Å². The van der Waals surface area contributed by atoms with E-state index in [2.05, 4.69) is 14.4 Å². The van der Waals surface area contributed by atoms with Crippen LogP contribution in [0.25, 0.3) is 0 Å². The smallest absolute Gasteiger partial charge is 0.350 e. The number of carbonyl (C=O) groups excluding carboxylic acids is 1. The van der Waals surface area contributed by atoms with Crippen molar-refractivity contribution in [3.05, 3.63) is 40.4 Å². The Kier molecular flexibility index (Phi) is 4.44. The van der Waals surface area contributed by atoms with Gasteiger partial charge < -0.3 is 4.74 Å². The molecule has 9 heteroatoms. The molecule has 1 aromatic heterocycles. The van der Waals surface area contributed by atoms with Crippen LogP contribution >= 0.6 is 11.3 Å². The molecule has 0 aliphatic carbocycles. The number of aromatic nitrogens is 1. The van der Waals surface area contributed by atoms with Crippen LogP contribution in [0.1, 0.15) is 20.9 Å². The Bertz CT molecular complexity index is 848. The fourth-order valence-electron chi connectivity index (χ4n) is 1.60. The first-order chi connectivity index (χ1) is 10.4. The lowest BCUT2D eigenvalue weighted by Crippen LogP contribution is -2.12. The van der Waals surface area contributed by atoms with Gasteiger partial charge in [0.1, 0.15) is 4.88 Å². The Morgan fingerprint density at radius 2 is 2.00 bits per heavy atom. The van der Waals surface area contributed by atoms with Gasteiger partial charge >= 0.3 is 5.97 Å². The molecule has 0 spiro atoms. The fourth-order valence-corrected chi connectivity index (χ4v) is 3.72. The number of nitrogens with zero attached hydrogens (tertiary/aromatic N) is 2. The number of methoxy groups -OCH3 is 1. The van der Waals surface area contributed by atoms with Gasteiger partial charge in [-0.3, -0.25) is 4.72 Å². The summed E-state index contributed by atoms with van der Waals surface area (Å²) in [5.74, 6) is -0.571. The lowest BCUT2D eigenvalue weighted by molar-refractivity contribution is 0.0605.